The molecule has 0 aliphatic carbocycles. The molecule has 1 aromatic rings. The van der Waals surface area contributed by atoms with Gasteiger partial charge in [-0.15, -0.1) is 0 Å². The lowest BCUT2D eigenvalue weighted by atomic mass is 10.1. The number of carbonyl (C=O) groups excluding carboxylic acids is 1. The van der Waals surface area contributed by atoms with Gasteiger partial charge in [0.25, 0.3) is 0 Å². The molecule has 0 radical (unpaired) electrons. The van der Waals surface area contributed by atoms with E-state index in [1.807, 2.05) is 18.1 Å². The molecule has 4 heterocycles. The van der Waals surface area contributed by atoms with Gasteiger partial charge in [-0.3, -0.25) is 14.4 Å². The van der Waals surface area contributed by atoms with Crippen LogP contribution in [0.15, 0.2) is 12.4 Å². The lowest BCUT2D eigenvalue weighted by molar-refractivity contribution is -0.117. The summed E-state index contributed by atoms with van der Waals surface area (Å²) < 4.78 is 7.26. The molecule has 3 fully saturated rings. The fourth-order valence-corrected chi connectivity index (χ4v) is 3.98. The molecule has 0 N–H and O–H groups in total. The number of fused-ring (bicyclic) bond motifs is 1. The molecule has 0 saturated carbocycles. The molecule has 108 valence electrons. The van der Waals surface area contributed by atoms with Gasteiger partial charge >= 0.3 is 0 Å². The molecule has 1 amide bonds. The highest BCUT2D eigenvalue weighted by molar-refractivity contribution is 5.97. The van der Waals surface area contributed by atoms with Gasteiger partial charge in [-0.05, 0) is 12.8 Å². The Morgan fingerprint density at radius 3 is 2.95 bits per heavy atom. The molecule has 3 atom stereocenters. The summed E-state index contributed by atoms with van der Waals surface area (Å²) in [6.07, 6.45) is 6.52. The third kappa shape index (κ3) is 1.78. The van der Waals surface area contributed by atoms with Crippen LogP contribution in [0.1, 0.15) is 19.3 Å². The van der Waals surface area contributed by atoms with Crippen molar-refractivity contribution in [3.05, 3.63) is 12.4 Å². The van der Waals surface area contributed by atoms with Crippen molar-refractivity contribution in [1.29, 1.82) is 0 Å². The zero-order valence-corrected chi connectivity index (χ0v) is 11.7. The van der Waals surface area contributed by atoms with Crippen LogP contribution in [0, 0.1) is 0 Å². The lowest BCUT2D eigenvalue weighted by Crippen LogP contribution is -2.42. The van der Waals surface area contributed by atoms with E-state index in [4.69, 9.17) is 4.74 Å². The van der Waals surface area contributed by atoms with Crippen LogP contribution in [0.25, 0.3) is 0 Å². The second-order valence-corrected chi connectivity index (χ2v) is 6.02. The highest BCUT2D eigenvalue weighted by Crippen LogP contribution is 2.37. The summed E-state index contributed by atoms with van der Waals surface area (Å²) in [7, 11) is 1.89. The van der Waals surface area contributed by atoms with Crippen LogP contribution < -0.4 is 4.90 Å². The van der Waals surface area contributed by atoms with Gasteiger partial charge in [0.2, 0.25) is 5.91 Å². The summed E-state index contributed by atoms with van der Waals surface area (Å²) in [6, 6.07) is 1.17. The normalized spacial score (nSPS) is 34.1. The third-order valence-electron chi connectivity index (χ3n) is 4.88. The molecule has 0 aromatic carbocycles. The van der Waals surface area contributed by atoms with Crippen molar-refractivity contribution in [2.45, 2.75) is 37.4 Å². The zero-order valence-electron chi connectivity index (χ0n) is 11.7. The molecular formula is C14H20N4O2. The van der Waals surface area contributed by atoms with Gasteiger partial charge in [0.05, 0.1) is 24.5 Å². The van der Waals surface area contributed by atoms with Crippen molar-refractivity contribution in [3.8, 4) is 0 Å². The Labute approximate surface area is 118 Å². The predicted molar refractivity (Wildman–Crippen MR) is 73.4 cm³/mol. The molecule has 3 aliphatic heterocycles. The molecular weight excluding hydrogens is 256 g/mol. The first-order valence-corrected chi connectivity index (χ1v) is 7.38. The average molecular weight is 276 g/mol. The maximum absolute atomic E-state index is 12.4. The topological polar surface area (TPSA) is 50.6 Å². The Balaban J connectivity index is 1.58. The van der Waals surface area contributed by atoms with E-state index in [0.29, 0.717) is 24.5 Å². The van der Waals surface area contributed by atoms with Gasteiger partial charge in [0, 0.05) is 44.9 Å². The SMILES string of the molecule is Cn1cc(N2C(=O)C[C@H]3[C@H]2CCN3C2CCOC2)cn1. The number of anilines is 1. The van der Waals surface area contributed by atoms with E-state index >= 15 is 0 Å². The number of carbonyl (C=O) groups is 1. The van der Waals surface area contributed by atoms with Gasteiger partial charge in [-0.25, -0.2) is 0 Å². The molecule has 1 aromatic heterocycles. The largest absolute Gasteiger partial charge is 0.380 e. The number of hydrogen-bond donors (Lipinski definition) is 0. The van der Waals surface area contributed by atoms with E-state index < -0.39 is 0 Å². The minimum Gasteiger partial charge on any atom is -0.380 e. The Kier molecular flexibility index (Phi) is 2.82. The number of amides is 1. The van der Waals surface area contributed by atoms with Crippen molar-refractivity contribution in [2.24, 2.45) is 7.05 Å². The molecule has 6 heteroatoms. The Hall–Kier alpha value is -1.40. The minimum atomic E-state index is 0.233. The molecule has 3 aliphatic rings. The summed E-state index contributed by atoms with van der Waals surface area (Å²) in [4.78, 5) is 16.9. The van der Waals surface area contributed by atoms with Gasteiger partial charge in [0.1, 0.15) is 0 Å². The van der Waals surface area contributed by atoms with Gasteiger partial charge < -0.3 is 9.64 Å². The smallest absolute Gasteiger partial charge is 0.229 e. The second kappa shape index (κ2) is 4.56. The van der Waals surface area contributed by atoms with E-state index in [9.17, 15) is 4.79 Å². The van der Waals surface area contributed by atoms with E-state index in [0.717, 1.165) is 38.3 Å². The zero-order chi connectivity index (χ0) is 13.7. The summed E-state index contributed by atoms with van der Waals surface area (Å²) >= 11 is 0. The fraction of sp³-hybridized carbons (Fsp3) is 0.714. The van der Waals surface area contributed by atoms with E-state index in [2.05, 4.69) is 10.00 Å². The quantitative estimate of drug-likeness (QED) is 0.784. The molecule has 20 heavy (non-hydrogen) atoms. The number of ether oxygens (including phenoxy) is 1. The summed E-state index contributed by atoms with van der Waals surface area (Å²) in [5, 5.41) is 4.20. The van der Waals surface area contributed by atoms with Gasteiger partial charge in [0.15, 0.2) is 0 Å². The average Bonchev–Trinajstić information content (AvgIpc) is 3.12. The number of aromatic nitrogens is 2. The van der Waals surface area contributed by atoms with Crippen molar-refractivity contribution in [1.82, 2.24) is 14.7 Å². The van der Waals surface area contributed by atoms with Crippen molar-refractivity contribution >= 4 is 11.6 Å². The molecule has 1 unspecified atom stereocenters. The Bertz CT molecular complexity index is 523. The van der Waals surface area contributed by atoms with Gasteiger partial charge in [-0.2, -0.15) is 5.10 Å². The monoisotopic (exact) mass is 276 g/mol. The van der Waals surface area contributed by atoms with Crippen LogP contribution in [-0.2, 0) is 16.6 Å². The first kappa shape index (κ1) is 12.3. The number of hydrogen-bond acceptors (Lipinski definition) is 4. The van der Waals surface area contributed by atoms with E-state index in [-0.39, 0.29) is 5.91 Å². The van der Waals surface area contributed by atoms with E-state index in [1.54, 1.807) is 10.9 Å². The number of likely N-dealkylation sites (tertiary alicyclic amines) is 1. The van der Waals surface area contributed by atoms with Crippen LogP contribution in [0.5, 0.6) is 0 Å². The van der Waals surface area contributed by atoms with E-state index in [1.165, 1.54) is 0 Å². The predicted octanol–water partition coefficient (Wildman–Crippen LogP) is 0.389. The Morgan fingerprint density at radius 1 is 1.35 bits per heavy atom. The molecule has 0 spiro atoms. The first-order valence-electron chi connectivity index (χ1n) is 7.38. The van der Waals surface area contributed by atoms with Crippen LogP contribution in [-0.4, -0.2) is 58.5 Å². The highest BCUT2D eigenvalue weighted by Gasteiger charge is 2.49. The van der Waals surface area contributed by atoms with Crippen LogP contribution in [0.3, 0.4) is 0 Å². The summed E-state index contributed by atoms with van der Waals surface area (Å²) in [6.45, 7) is 2.76. The second-order valence-electron chi connectivity index (χ2n) is 6.02. The lowest BCUT2D eigenvalue weighted by Gasteiger charge is -2.28. The summed E-state index contributed by atoms with van der Waals surface area (Å²) in [5.74, 6) is 0.233. The number of aryl methyl sites for hydroxylation is 1. The standard InChI is InChI=1S/C14H20N4O2/c1-16-8-11(7-15-16)18-12-2-4-17(10-3-5-20-9-10)13(12)6-14(18)19/h7-8,10,12-13H,2-6,9H2,1H3/t10?,12-,13+/m1/s1. The first-order chi connectivity index (χ1) is 9.74. The molecule has 0 bridgehead atoms. The van der Waals surface area contributed by atoms with Crippen LogP contribution >= 0.6 is 0 Å². The van der Waals surface area contributed by atoms with Crippen molar-refractivity contribution < 1.29 is 9.53 Å². The van der Waals surface area contributed by atoms with Crippen LogP contribution in [0.2, 0.25) is 0 Å². The Morgan fingerprint density at radius 2 is 2.25 bits per heavy atom. The number of rotatable bonds is 2. The highest BCUT2D eigenvalue weighted by atomic mass is 16.5. The maximum atomic E-state index is 12.4. The molecule has 4 rings (SSSR count). The van der Waals surface area contributed by atoms with Crippen molar-refractivity contribution in [2.75, 3.05) is 24.7 Å². The van der Waals surface area contributed by atoms with Gasteiger partial charge in [-0.1, -0.05) is 0 Å². The number of nitrogens with zero attached hydrogens (tertiary/aromatic N) is 4. The summed E-state index contributed by atoms with van der Waals surface area (Å²) in [5.41, 5.74) is 0.939. The fourth-order valence-electron chi connectivity index (χ4n) is 3.98. The molecule has 3 saturated heterocycles. The minimum absolute atomic E-state index is 0.233. The third-order valence-corrected chi connectivity index (χ3v) is 4.88. The maximum Gasteiger partial charge on any atom is 0.229 e. The van der Waals surface area contributed by atoms with Crippen molar-refractivity contribution in [3.63, 3.8) is 0 Å². The molecule has 6 nitrogen and oxygen atoms in total. The van der Waals surface area contributed by atoms with Crippen LogP contribution in [0.4, 0.5) is 5.69 Å².